The molecule has 6 heteroatoms. The fraction of sp³-hybridized carbons (Fsp3) is 0.333. The number of hydrogen-bond donors (Lipinski definition) is 0. The molecular weight excluding hydrogens is 250 g/mol. The van der Waals surface area contributed by atoms with Crippen molar-refractivity contribution in [2.75, 3.05) is 11.4 Å². The number of rotatable bonds is 1. The van der Waals surface area contributed by atoms with Crippen molar-refractivity contribution in [2.24, 2.45) is 0 Å². The molecule has 1 saturated heterocycles. The number of aromatic nitrogens is 3. The normalized spacial score (nSPS) is 18.5. The molecule has 3 heterocycles. The van der Waals surface area contributed by atoms with Crippen LogP contribution in [0, 0.1) is 11.3 Å². The number of nitrogens with zero attached hydrogens (tertiary/aromatic N) is 5. The lowest BCUT2D eigenvalue weighted by Gasteiger charge is -2.39. The van der Waals surface area contributed by atoms with Crippen LogP contribution in [0.15, 0.2) is 12.3 Å². The van der Waals surface area contributed by atoms with Gasteiger partial charge in [0, 0.05) is 18.7 Å². The fourth-order valence-corrected chi connectivity index (χ4v) is 2.24. The zero-order valence-corrected chi connectivity index (χ0v) is 10.5. The average Bonchev–Trinajstić information content (AvgIpc) is 2.36. The molecule has 1 atom stereocenters. The molecule has 1 fully saturated rings. The Morgan fingerprint density at radius 3 is 2.94 bits per heavy atom. The Morgan fingerprint density at radius 1 is 1.50 bits per heavy atom. The third-order valence-electron chi connectivity index (χ3n) is 3.19. The molecule has 2 aromatic heterocycles. The van der Waals surface area contributed by atoms with Gasteiger partial charge in [-0.1, -0.05) is 11.6 Å². The second-order valence-electron chi connectivity index (χ2n) is 4.33. The molecular formula is C12H10ClN5. The van der Waals surface area contributed by atoms with Crippen molar-refractivity contribution in [1.29, 1.82) is 5.26 Å². The van der Waals surface area contributed by atoms with Crippen LogP contribution in [0.4, 0.5) is 5.82 Å². The van der Waals surface area contributed by atoms with Crippen LogP contribution in [-0.4, -0.2) is 27.5 Å². The monoisotopic (exact) mass is 259 g/mol. The molecule has 3 rings (SSSR count). The molecule has 0 N–H and O–H groups in total. The zero-order chi connectivity index (χ0) is 12.7. The van der Waals surface area contributed by atoms with E-state index in [9.17, 15) is 0 Å². The minimum Gasteiger partial charge on any atom is -0.352 e. The zero-order valence-electron chi connectivity index (χ0n) is 9.76. The van der Waals surface area contributed by atoms with Gasteiger partial charge < -0.3 is 4.90 Å². The summed E-state index contributed by atoms with van der Waals surface area (Å²) in [5.74, 6) is 0.758. The van der Waals surface area contributed by atoms with Crippen molar-refractivity contribution in [3.05, 3.63) is 23.1 Å². The summed E-state index contributed by atoms with van der Waals surface area (Å²) in [7, 11) is 0. The fourth-order valence-electron chi connectivity index (χ4n) is 2.06. The van der Waals surface area contributed by atoms with Crippen LogP contribution in [0.25, 0.3) is 11.0 Å². The Labute approximate surface area is 109 Å². The van der Waals surface area contributed by atoms with Crippen LogP contribution in [0.5, 0.6) is 0 Å². The van der Waals surface area contributed by atoms with Crippen LogP contribution in [0.3, 0.4) is 0 Å². The first-order valence-corrected chi connectivity index (χ1v) is 6.07. The molecule has 1 aliphatic rings. The Kier molecular flexibility index (Phi) is 2.53. The summed E-state index contributed by atoms with van der Waals surface area (Å²) in [5.41, 5.74) is 1.60. The summed E-state index contributed by atoms with van der Waals surface area (Å²) < 4.78 is 0. The van der Waals surface area contributed by atoms with E-state index in [2.05, 4.69) is 26.8 Å². The molecule has 0 aliphatic carbocycles. The third kappa shape index (κ3) is 1.66. The molecule has 0 saturated carbocycles. The highest BCUT2D eigenvalue weighted by Gasteiger charge is 2.27. The second kappa shape index (κ2) is 4.07. The van der Waals surface area contributed by atoms with Crippen molar-refractivity contribution in [1.82, 2.24) is 15.0 Å². The van der Waals surface area contributed by atoms with Gasteiger partial charge in [0.1, 0.15) is 16.7 Å². The Balaban J connectivity index is 2.22. The van der Waals surface area contributed by atoms with Gasteiger partial charge in [-0.05, 0) is 13.3 Å². The van der Waals surface area contributed by atoms with Gasteiger partial charge in [0.25, 0.3) is 0 Å². The van der Waals surface area contributed by atoms with E-state index >= 15 is 0 Å². The van der Waals surface area contributed by atoms with E-state index in [-0.39, 0.29) is 5.69 Å². The molecule has 0 amide bonds. The van der Waals surface area contributed by atoms with Crippen molar-refractivity contribution in [2.45, 2.75) is 19.4 Å². The highest BCUT2D eigenvalue weighted by atomic mass is 35.5. The Bertz CT molecular complexity index is 663. The number of hydrogen-bond acceptors (Lipinski definition) is 5. The van der Waals surface area contributed by atoms with E-state index in [0.717, 1.165) is 18.8 Å². The molecule has 0 radical (unpaired) electrons. The predicted molar refractivity (Wildman–Crippen MR) is 68.5 cm³/mol. The number of pyridine rings is 1. The van der Waals surface area contributed by atoms with Gasteiger partial charge >= 0.3 is 0 Å². The maximum atomic E-state index is 8.83. The molecule has 5 nitrogen and oxygen atoms in total. The topological polar surface area (TPSA) is 65.7 Å². The van der Waals surface area contributed by atoms with E-state index in [4.69, 9.17) is 16.9 Å². The van der Waals surface area contributed by atoms with Crippen molar-refractivity contribution in [3.8, 4) is 6.07 Å². The summed E-state index contributed by atoms with van der Waals surface area (Å²) >= 11 is 6.00. The minimum atomic E-state index is 0.285. The first kappa shape index (κ1) is 11.2. The quantitative estimate of drug-likeness (QED) is 0.734. The summed E-state index contributed by atoms with van der Waals surface area (Å²) in [6.45, 7) is 3.08. The molecule has 90 valence electrons. The van der Waals surface area contributed by atoms with E-state index in [1.165, 1.54) is 6.20 Å². The van der Waals surface area contributed by atoms with E-state index in [1.54, 1.807) is 6.07 Å². The third-order valence-corrected chi connectivity index (χ3v) is 3.38. The van der Waals surface area contributed by atoms with Crippen LogP contribution in [0.1, 0.15) is 19.0 Å². The first-order chi connectivity index (χ1) is 8.69. The van der Waals surface area contributed by atoms with Crippen LogP contribution >= 0.6 is 11.6 Å². The minimum absolute atomic E-state index is 0.285. The summed E-state index contributed by atoms with van der Waals surface area (Å²) in [6.07, 6.45) is 2.60. The van der Waals surface area contributed by atoms with Gasteiger partial charge in [-0.2, -0.15) is 5.26 Å². The lowest BCUT2D eigenvalue weighted by molar-refractivity contribution is 0.477. The average molecular weight is 260 g/mol. The van der Waals surface area contributed by atoms with E-state index in [1.807, 2.05) is 6.07 Å². The number of anilines is 1. The molecule has 1 aliphatic heterocycles. The summed E-state index contributed by atoms with van der Waals surface area (Å²) in [4.78, 5) is 15.0. The van der Waals surface area contributed by atoms with Gasteiger partial charge in [-0.25, -0.2) is 15.0 Å². The summed E-state index contributed by atoms with van der Waals surface area (Å²) in [6, 6.07) is 4.05. The van der Waals surface area contributed by atoms with Crippen molar-refractivity contribution >= 4 is 28.5 Å². The highest BCUT2D eigenvalue weighted by Crippen LogP contribution is 2.31. The smallest absolute Gasteiger partial charge is 0.159 e. The van der Waals surface area contributed by atoms with Crippen molar-refractivity contribution < 1.29 is 0 Å². The molecule has 18 heavy (non-hydrogen) atoms. The predicted octanol–water partition coefficient (Wildman–Crippen LogP) is 2.15. The van der Waals surface area contributed by atoms with Crippen LogP contribution in [0.2, 0.25) is 5.15 Å². The van der Waals surface area contributed by atoms with Crippen LogP contribution in [-0.2, 0) is 0 Å². The largest absolute Gasteiger partial charge is 0.352 e. The lowest BCUT2D eigenvalue weighted by atomic mass is 10.1. The Hall–Kier alpha value is -1.93. The Morgan fingerprint density at radius 2 is 2.33 bits per heavy atom. The number of fused-ring (bicyclic) bond motifs is 1. The van der Waals surface area contributed by atoms with Crippen LogP contribution < -0.4 is 4.90 Å². The van der Waals surface area contributed by atoms with Gasteiger partial charge in [0.2, 0.25) is 0 Å². The molecule has 0 aromatic carbocycles. The van der Waals surface area contributed by atoms with Gasteiger partial charge in [0.15, 0.2) is 11.5 Å². The summed E-state index contributed by atoms with van der Waals surface area (Å²) in [5, 5.41) is 9.21. The number of halogens is 1. The standard InChI is InChI=1S/C12H10ClN5/c1-7-2-3-18(7)12-11-9(4-10(13)17-12)16-8(5-14)6-15-11/h4,6-7H,2-3H2,1H3/t7-/m0/s1. The van der Waals surface area contributed by atoms with Crippen molar-refractivity contribution in [3.63, 3.8) is 0 Å². The lowest BCUT2D eigenvalue weighted by Crippen LogP contribution is -2.46. The van der Waals surface area contributed by atoms with E-state index < -0.39 is 0 Å². The molecule has 2 aromatic rings. The van der Waals surface area contributed by atoms with Gasteiger partial charge in [-0.15, -0.1) is 0 Å². The molecule has 0 bridgehead atoms. The second-order valence-corrected chi connectivity index (χ2v) is 4.72. The van der Waals surface area contributed by atoms with Gasteiger partial charge in [0.05, 0.1) is 11.7 Å². The first-order valence-electron chi connectivity index (χ1n) is 5.69. The van der Waals surface area contributed by atoms with Gasteiger partial charge in [-0.3, -0.25) is 0 Å². The maximum absolute atomic E-state index is 8.83. The molecule has 0 spiro atoms. The number of nitriles is 1. The molecule has 0 unspecified atom stereocenters. The maximum Gasteiger partial charge on any atom is 0.159 e. The van der Waals surface area contributed by atoms with E-state index in [0.29, 0.717) is 22.2 Å². The SMILES string of the molecule is C[C@H]1CCN1c1nc(Cl)cc2nc(C#N)cnc12. The highest BCUT2D eigenvalue weighted by molar-refractivity contribution is 6.30.